The zero-order chi connectivity index (χ0) is 15.7. The van der Waals surface area contributed by atoms with Crippen molar-refractivity contribution in [1.29, 1.82) is 0 Å². The number of hydrogen-bond acceptors (Lipinski definition) is 4. The van der Waals surface area contributed by atoms with Gasteiger partial charge in [-0.1, -0.05) is 58.8 Å². The minimum absolute atomic E-state index is 0.0273. The first-order valence-corrected chi connectivity index (χ1v) is 8.85. The molecule has 21 heavy (non-hydrogen) atoms. The van der Waals surface area contributed by atoms with Crippen molar-refractivity contribution < 1.29 is 15.3 Å². The Morgan fingerprint density at radius 3 is 2.00 bits per heavy atom. The van der Waals surface area contributed by atoms with Crippen LogP contribution in [0.3, 0.4) is 0 Å². The second kappa shape index (κ2) is 10.5. The molecule has 0 bridgehead atoms. The standard InChI is InChI=1S/C17H35NO3/c1-3-4-5-6-7-8-9-10-11-18-14-12-13(2)15(19)17(21)16(14)20/h13-21H,3-12H2,1-2H3/t13-,14+,15-,16-,17-/m1/s1. The van der Waals surface area contributed by atoms with E-state index in [1.54, 1.807) is 0 Å². The maximum Gasteiger partial charge on any atom is 0.107 e. The van der Waals surface area contributed by atoms with Gasteiger partial charge in [0.15, 0.2) is 0 Å². The van der Waals surface area contributed by atoms with Crippen LogP contribution in [0.5, 0.6) is 0 Å². The highest BCUT2D eigenvalue weighted by molar-refractivity contribution is 4.94. The molecule has 0 saturated heterocycles. The SMILES string of the molecule is CCCCCCCCCCN[C@H]1C[C@@H](C)[C@@H](O)[C@@H](O)[C@@H]1O. The third-order valence-corrected chi connectivity index (χ3v) is 4.76. The van der Waals surface area contributed by atoms with Gasteiger partial charge in [0.05, 0.1) is 12.2 Å². The molecule has 5 atom stereocenters. The van der Waals surface area contributed by atoms with Gasteiger partial charge in [0, 0.05) is 6.04 Å². The molecule has 1 aliphatic carbocycles. The summed E-state index contributed by atoms with van der Waals surface area (Å²) in [6.45, 7) is 5.04. The maximum absolute atomic E-state index is 9.98. The second-order valence-corrected chi connectivity index (χ2v) is 6.72. The lowest BCUT2D eigenvalue weighted by Crippen LogP contribution is -2.57. The molecule has 4 N–H and O–H groups in total. The minimum atomic E-state index is -1.02. The lowest BCUT2D eigenvalue weighted by atomic mass is 9.80. The summed E-state index contributed by atoms with van der Waals surface area (Å²) in [6, 6.07) is -0.0945. The normalized spacial score (nSPS) is 33.3. The van der Waals surface area contributed by atoms with Crippen LogP contribution in [-0.4, -0.2) is 46.2 Å². The summed E-state index contributed by atoms with van der Waals surface area (Å²) in [4.78, 5) is 0. The van der Waals surface area contributed by atoms with Crippen molar-refractivity contribution in [2.75, 3.05) is 6.54 Å². The summed E-state index contributed by atoms with van der Waals surface area (Å²) >= 11 is 0. The Bertz CT molecular complexity index is 262. The van der Waals surface area contributed by atoms with E-state index in [1.807, 2.05) is 6.92 Å². The van der Waals surface area contributed by atoms with Crippen LogP contribution in [0, 0.1) is 5.92 Å². The molecule has 1 saturated carbocycles. The number of nitrogens with one attached hydrogen (secondary N) is 1. The predicted molar refractivity (Wildman–Crippen MR) is 86.2 cm³/mol. The van der Waals surface area contributed by atoms with Crippen LogP contribution in [0.25, 0.3) is 0 Å². The molecule has 0 aromatic heterocycles. The second-order valence-electron chi connectivity index (χ2n) is 6.72. The maximum atomic E-state index is 9.98. The van der Waals surface area contributed by atoms with Gasteiger partial charge in [-0.25, -0.2) is 0 Å². The van der Waals surface area contributed by atoms with Crippen LogP contribution in [0.15, 0.2) is 0 Å². The predicted octanol–water partition coefficient (Wildman–Crippen LogP) is 2.21. The quantitative estimate of drug-likeness (QED) is 0.467. The lowest BCUT2D eigenvalue weighted by Gasteiger charge is -2.39. The fourth-order valence-electron chi connectivity index (χ4n) is 3.21. The molecule has 4 nitrogen and oxygen atoms in total. The Hall–Kier alpha value is -0.160. The summed E-state index contributed by atoms with van der Waals surface area (Å²) in [7, 11) is 0. The first kappa shape index (κ1) is 18.9. The summed E-state index contributed by atoms with van der Waals surface area (Å²) in [5.41, 5.74) is 0. The first-order chi connectivity index (χ1) is 10.1. The van der Waals surface area contributed by atoms with Gasteiger partial charge in [-0.2, -0.15) is 0 Å². The van der Waals surface area contributed by atoms with Crippen LogP contribution in [0.2, 0.25) is 0 Å². The number of unbranched alkanes of at least 4 members (excludes halogenated alkanes) is 7. The molecule has 0 unspecified atom stereocenters. The van der Waals surface area contributed by atoms with Crippen molar-refractivity contribution >= 4 is 0 Å². The van der Waals surface area contributed by atoms with Gasteiger partial charge < -0.3 is 20.6 Å². The summed E-state index contributed by atoms with van der Waals surface area (Å²) < 4.78 is 0. The Balaban J connectivity index is 2.04. The zero-order valence-corrected chi connectivity index (χ0v) is 13.8. The first-order valence-electron chi connectivity index (χ1n) is 8.85. The van der Waals surface area contributed by atoms with E-state index in [2.05, 4.69) is 12.2 Å². The minimum Gasteiger partial charge on any atom is -0.390 e. The Kier molecular flexibility index (Phi) is 9.49. The molecule has 0 heterocycles. The number of aliphatic hydroxyl groups excluding tert-OH is 3. The average molecular weight is 301 g/mol. The summed E-state index contributed by atoms with van der Waals surface area (Å²) in [6.07, 6.45) is 8.36. The molecule has 1 rings (SSSR count). The third-order valence-electron chi connectivity index (χ3n) is 4.76. The highest BCUT2D eigenvalue weighted by atomic mass is 16.4. The Labute approximate surface area is 130 Å². The molecule has 0 aromatic carbocycles. The van der Waals surface area contributed by atoms with Crippen LogP contribution >= 0.6 is 0 Å². The molecular weight excluding hydrogens is 266 g/mol. The smallest absolute Gasteiger partial charge is 0.107 e. The van der Waals surface area contributed by atoms with Gasteiger partial charge in [-0.3, -0.25) is 0 Å². The lowest BCUT2D eigenvalue weighted by molar-refractivity contribution is -0.119. The molecule has 1 fully saturated rings. The van der Waals surface area contributed by atoms with E-state index >= 15 is 0 Å². The topological polar surface area (TPSA) is 72.7 Å². The average Bonchev–Trinajstić information content (AvgIpc) is 2.48. The Morgan fingerprint density at radius 1 is 0.810 bits per heavy atom. The number of aliphatic hydroxyl groups is 3. The van der Waals surface area contributed by atoms with E-state index < -0.39 is 18.3 Å². The fraction of sp³-hybridized carbons (Fsp3) is 1.00. The van der Waals surface area contributed by atoms with E-state index in [0.717, 1.165) is 19.4 Å². The molecule has 4 heteroatoms. The van der Waals surface area contributed by atoms with E-state index in [1.165, 1.54) is 44.9 Å². The largest absolute Gasteiger partial charge is 0.390 e. The molecule has 0 amide bonds. The van der Waals surface area contributed by atoms with Crippen molar-refractivity contribution in [3.63, 3.8) is 0 Å². The van der Waals surface area contributed by atoms with Crippen molar-refractivity contribution in [3.05, 3.63) is 0 Å². The van der Waals surface area contributed by atoms with E-state index in [9.17, 15) is 15.3 Å². The van der Waals surface area contributed by atoms with Crippen molar-refractivity contribution in [2.24, 2.45) is 5.92 Å². The van der Waals surface area contributed by atoms with Crippen molar-refractivity contribution in [2.45, 2.75) is 96.0 Å². The van der Waals surface area contributed by atoms with Gasteiger partial charge in [0.1, 0.15) is 6.10 Å². The summed E-state index contributed by atoms with van der Waals surface area (Å²) in [5, 5.41) is 32.8. The van der Waals surface area contributed by atoms with E-state index in [0.29, 0.717) is 0 Å². The van der Waals surface area contributed by atoms with Crippen LogP contribution in [-0.2, 0) is 0 Å². The molecule has 0 radical (unpaired) electrons. The number of hydrogen-bond donors (Lipinski definition) is 4. The fourth-order valence-corrected chi connectivity index (χ4v) is 3.21. The third kappa shape index (κ3) is 6.64. The van der Waals surface area contributed by atoms with Crippen molar-refractivity contribution in [1.82, 2.24) is 5.32 Å². The highest BCUT2D eigenvalue weighted by Gasteiger charge is 2.40. The van der Waals surface area contributed by atoms with Crippen LogP contribution < -0.4 is 5.32 Å². The van der Waals surface area contributed by atoms with Gasteiger partial charge >= 0.3 is 0 Å². The summed E-state index contributed by atoms with van der Waals surface area (Å²) in [5.74, 6) is 0.0273. The van der Waals surface area contributed by atoms with Crippen LogP contribution in [0.1, 0.15) is 71.6 Å². The monoisotopic (exact) mass is 301 g/mol. The van der Waals surface area contributed by atoms with Gasteiger partial charge in [-0.15, -0.1) is 0 Å². The molecular formula is C17H35NO3. The highest BCUT2D eigenvalue weighted by Crippen LogP contribution is 2.25. The van der Waals surface area contributed by atoms with Crippen molar-refractivity contribution in [3.8, 4) is 0 Å². The van der Waals surface area contributed by atoms with Crippen LogP contribution in [0.4, 0.5) is 0 Å². The van der Waals surface area contributed by atoms with Gasteiger partial charge in [0.2, 0.25) is 0 Å². The van der Waals surface area contributed by atoms with E-state index in [4.69, 9.17) is 0 Å². The molecule has 0 spiro atoms. The molecule has 1 aliphatic rings. The molecule has 0 aromatic rings. The van der Waals surface area contributed by atoms with Gasteiger partial charge in [-0.05, 0) is 25.3 Å². The number of rotatable bonds is 10. The van der Waals surface area contributed by atoms with E-state index in [-0.39, 0.29) is 12.0 Å². The Morgan fingerprint density at radius 2 is 1.38 bits per heavy atom. The molecule has 0 aliphatic heterocycles. The van der Waals surface area contributed by atoms with Gasteiger partial charge in [0.25, 0.3) is 0 Å². The molecule has 126 valence electrons. The zero-order valence-electron chi connectivity index (χ0n) is 13.8.